The van der Waals surface area contributed by atoms with Crippen LogP contribution in [0.5, 0.6) is 11.6 Å². The first-order valence-corrected chi connectivity index (χ1v) is 12.3. The summed E-state index contributed by atoms with van der Waals surface area (Å²) < 4.78 is 16.5. The van der Waals surface area contributed by atoms with E-state index in [1.807, 2.05) is 12.1 Å². The van der Waals surface area contributed by atoms with E-state index in [0.29, 0.717) is 68.1 Å². The Morgan fingerprint density at radius 1 is 1.17 bits per heavy atom. The number of hydrogen-bond donors (Lipinski definition) is 1. The lowest BCUT2D eigenvalue weighted by atomic mass is 10.1. The van der Waals surface area contributed by atoms with E-state index in [1.165, 1.54) is 17.7 Å². The maximum Gasteiger partial charge on any atom is 0.268 e. The summed E-state index contributed by atoms with van der Waals surface area (Å²) in [5, 5.41) is 2.72. The number of rotatable bonds is 11. The summed E-state index contributed by atoms with van der Waals surface area (Å²) in [4.78, 5) is 45.5. The summed E-state index contributed by atoms with van der Waals surface area (Å²) in [6.07, 6.45) is 3.90. The molecule has 1 N–H and O–H groups in total. The number of methoxy groups -OCH3 is 1. The average Bonchev–Trinajstić information content (AvgIpc) is 3.58. The number of nitrogens with one attached hydrogen (secondary N) is 1. The predicted molar refractivity (Wildman–Crippen MR) is 130 cm³/mol. The molecule has 0 unspecified atom stereocenters. The van der Waals surface area contributed by atoms with Gasteiger partial charge in [-0.2, -0.15) is 0 Å². The predicted octanol–water partition coefficient (Wildman–Crippen LogP) is 1.77. The van der Waals surface area contributed by atoms with E-state index in [9.17, 15) is 14.4 Å². The normalized spacial score (nSPS) is 19.0. The van der Waals surface area contributed by atoms with Crippen molar-refractivity contribution in [3.8, 4) is 11.6 Å². The van der Waals surface area contributed by atoms with Crippen LogP contribution in [0.25, 0.3) is 0 Å². The second-order valence-electron chi connectivity index (χ2n) is 9.32. The van der Waals surface area contributed by atoms with E-state index in [2.05, 4.69) is 10.3 Å². The number of anilines is 1. The largest absolute Gasteiger partial charge is 0.479 e. The molecule has 1 saturated heterocycles. The molecular weight excluding hydrogens is 464 g/mol. The van der Waals surface area contributed by atoms with Gasteiger partial charge in [0.1, 0.15) is 12.3 Å². The lowest BCUT2D eigenvalue weighted by Gasteiger charge is -2.18. The highest BCUT2D eigenvalue weighted by Crippen LogP contribution is 2.31. The van der Waals surface area contributed by atoms with Crippen LogP contribution in [0.3, 0.4) is 0 Å². The number of carbonyl (C=O) groups is 3. The lowest BCUT2D eigenvalue weighted by molar-refractivity contribution is -0.123. The SMILES string of the molecule is COCCNC(=O)CN1Cc2ccc(N3CC[C@@H](Oc4ccc(OCC5CC5)nc4)C3=O)cc2C1=O. The van der Waals surface area contributed by atoms with Crippen LogP contribution in [0.4, 0.5) is 5.69 Å². The van der Waals surface area contributed by atoms with Crippen LogP contribution in [0.2, 0.25) is 0 Å². The van der Waals surface area contributed by atoms with Gasteiger partial charge in [0.25, 0.3) is 11.8 Å². The zero-order valence-corrected chi connectivity index (χ0v) is 20.3. The van der Waals surface area contributed by atoms with E-state index in [4.69, 9.17) is 14.2 Å². The number of pyridine rings is 1. The Bertz CT molecular complexity index is 1130. The second-order valence-corrected chi connectivity index (χ2v) is 9.32. The quantitative estimate of drug-likeness (QED) is 0.474. The van der Waals surface area contributed by atoms with Gasteiger partial charge in [0, 0.05) is 50.5 Å². The Labute approximate surface area is 209 Å². The molecular formula is C26H30N4O6. The molecule has 1 aliphatic carbocycles. The molecule has 3 amide bonds. The third kappa shape index (κ3) is 5.43. The van der Waals surface area contributed by atoms with E-state index in [-0.39, 0.29) is 24.3 Å². The maximum absolute atomic E-state index is 13.1. The Balaban J connectivity index is 1.17. The van der Waals surface area contributed by atoms with Gasteiger partial charge in [0.2, 0.25) is 11.8 Å². The van der Waals surface area contributed by atoms with Gasteiger partial charge in [-0.15, -0.1) is 0 Å². The van der Waals surface area contributed by atoms with Crippen molar-refractivity contribution in [3.05, 3.63) is 47.7 Å². The number of nitrogens with zero attached hydrogens (tertiary/aromatic N) is 3. The van der Waals surface area contributed by atoms with Gasteiger partial charge in [-0.25, -0.2) is 4.98 Å². The molecule has 3 heterocycles. The minimum absolute atomic E-state index is 0.0242. The van der Waals surface area contributed by atoms with E-state index in [1.54, 1.807) is 36.4 Å². The van der Waals surface area contributed by atoms with Gasteiger partial charge in [-0.1, -0.05) is 6.07 Å². The molecule has 36 heavy (non-hydrogen) atoms. The molecule has 0 spiro atoms. The number of aromatic nitrogens is 1. The van der Waals surface area contributed by atoms with Crippen molar-refractivity contribution in [3.63, 3.8) is 0 Å². The zero-order valence-electron chi connectivity index (χ0n) is 20.3. The molecule has 1 atom stereocenters. The first-order chi connectivity index (χ1) is 17.5. The third-order valence-corrected chi connectivity index (χ3v) is 6.55. The third-order valence-electron chi connectivity index (χ3n) is 6.55. The number of amides is 3. The summed E-state index contributed by atoms with van der Waals surface area (Å²) in [5.74, 6) is 1.09. The first kappa shape index (κ1) is 24.1. The molecule has 10 heteroatoms. The number of hydrogen-bond acceptors (Lipinski definition) is 7. The highest BCUT2D eigenvalue weighted by atomic mass is 16.5. The van der Waals surface area contributed by atoms with E-state index < -0.39 is 6.10 Å². The van der Waals surface area contributed by atoms with Crippen LogP contribution in [0.1, 0.15) is 35.2 Å². The van der Waals surface area contributed by atoms with Crippen LogP contribution in [0.15, 0.2) is 36.5 Å². The monoisotopic (exact) mass is 494 g/mol. The molecule has 2 aliphatic heterocycles. The minimum Gasteiger partial charge on any atom is -0.479 e. The Kier molecular flexibility index (Phi) is 7.04. The minimum atomic E-state index is -0.624. The molecule has 1 aromatic heterocycles. The fourth-order valence-corrected chi connectivity index (χ4v) is 4.36. The number of benzene rings is 1. The summed E-state index contributed by atoms with van der Waals surface area (Å²) in [7, 11) is 1.56. The topological polar surface area (TPSA) is 110 Å². The fraction of sp³-hybridized carbons (Fsp3) is 0.462. The highest BCUT2D eigenvalue weighted by molar-refractivity contribution is 6.03. The highest BCUT2D eigenvalue weighted by Gasteiger charge is 2.36. The van der Waals surface area contributed by atoms with Crippen molar-refractivity contribution < 1.29 is 28.6 Å². The molecule has 10 nitrogen and oxygen atoms in total. The van der Waals surface area contributed by atoms with Gasteiger partial charge < -0.3 is 29.3 Å². The fourth-order valence-electron chi connectivity index (χ4n) is 4.36. The van der Waals surface area contributed by atoms with Gasteiger partial charge in [0.05, 0.1) is 19.4 Å². The van der Waals surface area contributed by atoms with E-state index >= 15 is 0 Å². The summed E-state index contributed by atoms with van der Waals surface area (Å²) in [6, 6.07) is 8.93. The van der Waals surface area contributed by atoms with Crippen LogP contribution in [-0.2, 0) is 20.9 Å². The number of fused-ring (bicyclic) bond motifs is 1. The number of carbonyl (C=O) groups excluding carboxylic acids is 3. The average molecular weight is 495 g/mol. The Hall–Kier alpha value is -3.66. The molecule has 0 bridgehead atoms. The van der Waals surface area contributed by atoms with Crippen LogP contribution in [-0.4, -0.2) is 73.7 Å². The molecule has 190 valence electrons. The molecule has 2 aromatic rings. The van der Waals surface area contributed by atoms with Crippen molar-refractivity contribution in [2.45, 2.75) is 31.9 Å². The molecule has 2 fully saturated rings. The van der Waals surface area contributed by atoms with Gasteiger partial charge >= 0.3 is 0 Å². The first-order valence-electron chi connectivity index (χ1n) is 12.3. The van der Waals surface area contributed by atoms with Gasteiger partial charge in [-0.3, -0.25) is 14.4 Å². The standard InChI is InChI=1S/C26H30N4O6/c1-34-11-9-27-23(31)15-29-14-18-4-5-19(12-21(18)25(29)32)30-10-8-22(26(30)33)36-20-6-7-24(28-13-20)35-16-17-2-3-17/h4-7,12-13,17,22H,2-3,8-11,14-16H2,1H3,(H,27,31)/t22-/m1/s1. The van der Waals surface area contributed by atoms with Crippen LogP contribution >= 0.6 is 0 Å². The Morgan fingerprint density at radius 3 is 2.78 bits per heavy atom. The molecule has 0 radical (unpaired) electrons. The smallest absolute Gasteiger partial charge is 0.268 e. The second kappa shape index (κ2) is 10.5. The van der Waals surface area contributed by atoms with Crippen molar-refractivity contribution in [1.82, 2.24) is 15.2 Å². The van der Waals surface area contributed by atoms with Crippen LogP contribution in [0, 0.1) is 5.92 Å². The zero-order chi connectivity index (χ0) is 25.1. The van der Waals surface area contributed by atoms with Crippen molar-refractivity contribution in [2.24, 2.45) is 5.92 Å². The Morgan fingerprint density at radius 2 is 2.03 bits per heavy atom. The van der Waals surface area contributed by atoms with Crippen molar-refractivity contribution in [1.29, 1.82) is 0 Å². The van der Waals surface area contributed by atoms with Crippen molar-refractivity contribution >= 4 is 23.4 Å². The molecule has 1 saturated carbocycles. The summed E-state index contributed by atoms with van der Waals surface area (Å²) in [5.41, 5.74) is 2.00. The van der Waals surface area contributed by atoms with Gasteiger partial charge in [0.15, 0.2) is 6.10 Å². The molecule has 1 aromatic carbocycles. The number of ether oxygens (including phenoxy) is 3. The van der Waals surface area contributed by atoms with Gasteiger partial charge in [-0.05, 0) is 42.5 Å². The van der Waals surface area contributed by atoms with E-state index in [0.717, 1.165) is 5.56 Å². The summed E-state index contributed by atoms with van der Waals surface area (Å²) in [6.45, 7) is 2.31. The molecule has 5 rings (SSSR count). The maximum atomic E-state index is 13.1. The lowest BCUT2D eigenvalue weighted by Crippen LogP contribution is -2.38. The van der Waals surface area contributed by atoms with Crippen LogP contribution < -0.4 is 19.7 Å². The molecule has 3 aliphatic rings. The summed E-state index contributed by atoms with van der Waals surface area (Å²) >= 11 is 0. The van der Waals surface area contributed by atoms with Crippen molar-refractivity contribution in [2.75, 3.05) is 44.9 Å².